The first-order chi connectivity index (χ1) is 12.5. The molecule has 3 rings (SSSR count). The van der Waals surface area contributed by atoms with E-state index < -0.39 is 17.6 Å². The van der Waals surface area contributed by atoms with Crippen molar-refractivity contribution in [2.24, 2.45) is 5.92 Å². The summed E-state index contributed by atoms with van der Waals surface area (Å²) in [4.78, 5) is 23.9. The fraction of sp³-hybridized carbons (Fsp3) is 0.450. The van der Waals surface area contributed by atoms with Crippen LogP contribution in [0.2, 0.25) is 0 Å². The fourth-order valence-electron chi connectivity index (χ4n) is 3.41. The first-order valence-corrected chi connectivity index (χ1v) is 9.06. The standard InChI is InChI=1S/C20H24N2O4/c1-13(2)10-17(20(24)25)22-19(23)11-15(12-21-22)26-18-9-5-7-14-6-3-4-8-16(14)18/h5,7,9,11-13,17H,3-4,6,8,10H2,1-2H3,(H,24,25)/t17-/m1/s1. The normalized spacial score (nSPS) is 14.7. The Morgan fingerprint density at radius 3 is 2.77 bits per heavy atom. The Hall–Kier alpha value is -2.63. The number of hydrogen-bond donors (Lipinski definition) is 1. The highest BCUT2D eigenvalue weighted by Gasteiger charge is 2.23. The van der Waals surface area contributed by atoms with Gasteiger partial charge in [0.15, 0.2) is 11.8 Å². The topological polar surface area (TPSA) is 81.4 Å². The van der Waals surface area contributed by atoms with Crippen LogP contribution in [0.3, 0.4) is 0 Å². The monoisotopic (exact) mass is 356 g/mol. The molecular formula is C20H24N2O4. The Labute approximate surface area is 152 Å². The van der Waals surface area contributed by atoms with Crippen LogP contribution in [0.4, 0.5) is 0 Å². The number of carboxylic acids is 1. The highest BCUT2D eigenvalue weighted by Crippen LogP contribution is 2.32. The second kappa shape index (κ2) is 7.72. The Kier molecular flexibility index (Phi) is 5.40. The van der Waals surface area contributed by atoms with Crippen LogP contribution in [-0.2, 0) is 17.6 Å². The number of fused-ring (bicyclic) bond motifs is 1. The van der Waals surface area contributed by atoms with Crippen LogP contribution in [0.25, 0.3) is 0 Å². The van der Waals surface area contributed by atoms with Gasteiger partial charge in [-0.1, -0.05) is 26.0 Å². The third kappa shape index (κ3) is 3.95. The Balaban J connectivity index is 1.87. The number of hydrogen-bond acceptors (Lipinski definition) is 4. The largest absolute Gasteiger partial charge is 0.480 e. The van der Waals surface area contributed by atoms with Gasteiger partial charge in [-0.05, 0) is 55.2 Å². The minimum atomic E-state index is -1.06. The van der Waals surface area contributed by atoms with Gasteiger partial charge in [0.1, 0.15) is 5.75 Å². The summed E-state index contributed by atoms with van der Waals surface area (Å²) in [6, 6.07) is 6.30. The second-order valence-corrected chi connectivity index (χ2v) is 7.16. The van der Waals surface area contributed by atoms with E-state index in [2.05, 4.69) is 11.2 Å². The van der Waals surface area contributed by atoms with Crippen LogP contribution < -0.4 is 10.3 Å². The third-order valence-electron chi connectivity index (χ3n) is 4.66. The van der Waals surface area contributed by atoms with Gasteiger partial charge in [0.2, 0.25) is 0 Å². The lowest BCUT2D eigenvalue weighted by atomic mass is 9.91. The van der Waals surface area contributed by atoms with E-state index in [9.17, 15) is 14.7 Å². The molecular weight excluding hydrogens is 332 g/mol. The van der Waals surface area contributed by atoms with E-state index in [-0.39, 0.29) is 5.92 Å². The molecule has 6 nitrogen and oxygen atoms in total. The van der Waals surface area contributed by atoms with Gasteiger partial charge in [-0.3, -0.25) is 4.79 Å². The van der Waals surface area contributed by atoms with Crippen molar-refractivity contribution in [1.29, 1.82) is 0 Å². The Bertz CT molecular complexity index is 857. The summed E-state index contributed by atoms with van der Waals surface area (Å²) in [7, 11) is 0. The second-order valence-electron chi connectivity index (χ2n) is 7.16. The zero-order valence-corrected chi connectivity index (χ0v) is 15.1. The highest BCUT2D eigenvalue weighted by atomic mass is 16.5. The molecule has 0 bridgehead atoms. The van der Waals surface area contributed by atoms with Gasteiger partial charge >= 0.3 is 5.97 Å². The number of nitrogens with zero attached hydrogens (tertiary/aromatic N) is 2. The number of aliphatic carboxylic acids is 1. The summed E-state index contributed by atoms with van der Waals surface area (Å²) in [6.07, 6.45) is 6.07. The molecule has 0 saturated carbocycles. The molecule has 26 heavy (non-hydrogen) atoms. The molecule has 1 N–H and O–H groups in total. The SMILES string of the molecule is CC(C)C[C@H](C(=O)O)n1ncc(Oc2cccc3c2CCCC3)cc1=O. The quantitative estimate of drug-likeness (QED) is 0.855. The smallest absolute Gasteiger partial charge is 0.328 e. The third-order valence-corrected chi connectivity index (χ3v) is 4.66. The van der Waals surface area contributed by atoms with E-state index in [1.54, 1.807) is 0 Å². The van der Waals surface area contributed by atoms with E-state index in [1.165, 1.54) is 29.8 Å². The highest BCUT2D eigenvalue weighted by molar-refractivity contribution is 5.71. The van der Waals surface area contributed by atoms with Crippen LogP contribution in [0.5, 0.6) is 11.5 Å². The van der Waals surface area contributed by atoms with Gasteiger partial charge in [0.05, 0.1) is 6.20 Å². The van der Waals surface area contributed by atoms with Crippen molar-refractivity contribution in [2.45, 2.75) is 52.0 Å². The van der Waals surface area contributed by atoms with E-state index >= 15 is 0 Å². The van der Waals surface area contributed by atoms with Gasteiger partial charge < -0.3 is 9.84 Å². The fourth-order valence-corrected chi connectivity index (χ4v) is 3.41. The molecule has 2 aromatic rings. The zero-order chi connectivity index (χ0) is 18.7. The lowest BCUT2D eigenvalue weighted by molar-refractivity contribution is -0.141. The van der Waals surface area contributed by atoms with Gasteiger partial charge in [-0.25, -0.2) is 9.48 Å². The van der Waals surface area contributed by atoms with E-state index in [0.717, 1.165) is 29.7 Å². The number of carbonyl (C=O) groups is 1. The maximum Gasteiger partial charge on any atom is 0.328 e. The van der Waals surface area contributed by atoms with Crippen molar-refractivity contribution in [1.82, 2.24) is 9.78 Å². The molecule has 1 aromatic carbocycles. The van der Waals surface area contributed by atoms with E-state index in [4.69, 9.17) is 4.74 Å². The number of aromatic nitrogens is 2. The minimum Gasteiger partial charge on any atom is -0.480 e. The van der Waals surface area contributed by atoms with Gasteiger partial charge in [0, 0.05) is 6.07 Å². The maximum atomic E-state index is 12.4. The molecule has 1 atom stereocenters. The molecule has 0 saturated heterocycles. The van der Waals surface area contributed by atoms with Crippen LogP contribution in [0.1, 0.15) is 50.3 Å². The van der Waals surface area contributed by atoms with Gasteiger partial charge in [0.25, 0.3) is 5.56 Å². The molecule has 0 unspecified atom stereocenters. The van der Waals surface area contributed by atoms with Gasteiger partial charge in [-0.15, -0.1) is 0 Å². The van der Waals surface area contributed by atoms with Crippen molar-refractivity contribution in [3.05, 3.63) is 51.9 Å². The number of carboxylic acid groups (broad SMARTS) is 1. The Morgan fingerprint density at radius 2 is 2.08 bits per heavy atom. The van der Waals surface area contributed by atoms with Crippen LogP contribution >= 0.6 is 0 Å². The average Bonchev–Trinajstić information content (AvgIpc) is 2.60. The molecule has 0 amide bonds. The van der Waals surface area contributed by atoms with Crippen molar-refractivity contribution < 1.29 is 14.6 Å². The van der Waals surface area contributed by atoms with E-state index in [1.807, 2.05) is 26.0 Å². The molecule has 1 aliphatic rings. The number of benzene rings is 1. The van der Waals surface area contributed by atoms with Crippen LogP contribution in [-0.4, -0.2) is 20.9 Å². The number of aryl methyl sites for hydroxylation is 1. The van der Waals surface area contributed by atoms with Crippen molar-refractivity contribution in [2.75, 3.05) is 0 Å². The summed E-state index contributed by atoms with van der Waals surface area (Å²) in [5.41, 5.74) is 2.00. The molecule has 138 valence electrons. The van der Waals surface area contributed by atoms with Crippen molar-refractivity contribution in [3.8, 4) is 11.5 Å². The summed E-state index contributed by atoms with van der Waals surface area (Å²) in [5.74, 6) is 0.160. The molecule has 0 fully saturated rings. The zero-order valence-electron chi connectivity index (χ0n) is 15.1. The minimum absolute atomic E-state index is 0.136. The number of ether oxygens (including phenoxy) is 1. The van der Waals surface area contributed by atoms with Crippen LogP contribution in [0.15, 0.2) is 35.3 Å². The van der Waals surface area contributed by atoms with E-state index in [0.29, 0.717) is 12.2 Å². The maximum absolute atomic E-state index is 12.4. The predicted octanol–water partition coefficient (Wildman–Crippen LogP) is 3.59. The molecule has 1 aromatic heterocycles. The lowest BCUT2D eigenvalue weighted by Gasteiger charge is -2.19. The first-order valence-electron chi connectivity index (χ1n) is 9.06. The molecule has 1 aliphatic carbocycles. The number of rotatable bonds is 6. The summed E-state index contributed by atoms with van der Waals surface area (Å²) in [6.45, 7) is 3.83. The molecule has 6 heteroatoms. The van der Waals surface area contributed by atoms with Gasteiger partial charge in [-0.2, -0.15) is 5.10 Å². The first kappa shape index (κ1) is 18.2. The van der Waals surface area contributed by atoms with Crippen molar-refractivity contribution >= 4 is 5.97 Å². The molecule has 0 spiro atoms. The summed E-state index contributed by atoms with van der Waals surface area (Å²) >= 11 is 0. The predicted molar refractivity (Wildman–Crippen MR) is 97.8 cm³/mol. The summed E-state index contributed by atoms with van der Waals surface area (Å²) < 4.78 is 6.93. The molecule has 1 heterocycles. The summed E-state index contributed by atoms with van der Waals surface area (Å²) in [5, 5.41) is 13.5. The van der Waals surface area contributed by atoms with Crippen LogP contribution in [0, 0.1) is 5.92 Å². The lowest BCUT2D eigenvalue weighted by Crippen LogP contribution is -2.32. The Morgan fingerprint density at radius 1 is 1.31 bits per heavy atom. The van der Waals surface area contributed by atoms with Crippen molar-refractivity contribution in [3.63, 3.8) is 0 Å². The molecule has 0 aliphatic heterocycles. The molecule has 0 radical (unpaired) electrons. The average molecular weight is 356 g/mol.